The zero-order valence-electron chi connectivity index (χ0n) is 8.99. The molecule has 0 aliphatic carbocycles. The summed E-state index contributed by atoms with van der Waals surface area (Å²) in [6, 6.07) is 4.06. The van der Waals surface area contributed by atoms with Gasteiger partial charge in [0.15, 0.2) is 0 Å². The van der Waals surface area contributed by atoms with Gasteiger partial charge in [-0.2, -0.15) is 5.10 Å². The number of halogens is 3. The summed E-state index contributed by atoms with van der Waals surface area (Å²) < 4.78 is 15.8. The topological polar surface area (TPSA) is 43.8 Å². The van der Waals surface area contributed by atoms with Gasteiger partial charge in [-0.05, 0) is 27.6 Å². The summed E-state index contributed by atoms with van der Waals surface area (Å²) in [5.41, 5.74) is 7.38. The van der Waals surface area contributed by atoms with Crippen LogP contribution < -0.4 is 5.73 Å². The Hall–Kier alpha value is -0.910. The van der Waals surface area contributed by atoms with E-state index in [1.54, 1.807) is 30.1 Å². The van der Waals surface area contributed by atoms with Crippen molar-refractivity contribution in [2.24, 2.45) is 12.8 Å². The highest BCUT2D eigenvalue weighted by Gasteiger charge is 2.20. The van der Waals surface area contributed by atoms with Crippen LogP contribution in [-0.2, 0) is 7.05 Å². The third-order valence-corrected chi connectivity index (χ3v) is 3.56. The summed E-state index contributed by atoms with van der Waals surface area (Å²) in [5, 5.41) is 4.12. The molecule has 90 valence electrons. The quantitative estimate of drug-likeness (QED) is 0.925. The van der Waals surface area contributed by atoms with E-state index in [1.807, 2.05) is 0 Å². The number of hydrogen-bond acceptors (Lipinski definition) is 2. The van der Waals surface area contributed by atoms with Crippen molar-refractivity contribution in [3.63, 3.8) is 0 Å². The summed E-state index contributed by atoms with van der Waals surface area (Å²) in [5.74, 6) is -0.474. The minimum absolute atomic E-state index is 0.0492. The average Bonchev–Trinajstić information content (AvgIpc) is 2.62. The number of aryl methyl sites for hydroxylation is 1. The summed E-state index contributed by atoms with van der Waals surface area (Å²) in [6.45, 7) is 0. The number of nitrogens with zero attached hydrogens (tertiary/aromatic N) is 2. The van der Waals surface area contributed by atoms with E-state index in [-0.39, 0.29) is 5.02 Å². The van der Waals surface area contributed by atoms with Crippen molar-refractivity contribution in [2.45, 2.75) is 6.04 Å². The fraction of sp³-hybridized carbons (Fsp3) is 0.182. The van der Waals surface area contributed by atoms with E-state index in [1.165, 1.54) is 6.07 Å². The molecule has 1 heterocycles. The second-order valence-electron chi connectivity index (χ2n) is 3.62. The van der Waals surface area contributed by atoms with Crippen molar-refractivity contribution in [1.29, 1.82) is 0 Å². The molecule has 1 aromatic heterocycles. The third-order valence-electron chi connectivity index (χ3n) is 2.55. The summed E-state index contributed by atoms with van der Waals surface area (Å²) in [4.78, 5) is 0. The fourth-order valence-electron chi connectivity index (χ4n) is 1.68. The van der Waals surface area contributed by atoms with Gasteiger partial charge in [0.25, 0.3) is 0 Å². The Bertz CT molecular complexity index is 536. The van der Waals surface area contributed by atoms with E-state index >= 15 is 0 Å². The van der Waals surface area contributed by atoms with Gasteiger partial charge in [-0.15, -0.1) is 0 Å². The van der Waals surface area contributed by atoms with Crippen LogP contribution in [-0.4, -0.2) is 9.78 Å². The zero-order valence-corrected chi connectivity index (χ0v) is 11.3. The first kappa shape index (κ1) is 12.5. The van der Waals surface area contributed by atoms with E-state index in [4.69, 9.17) is 17.3 Å². The SMILES string of the molecule is Cn1ncc(Br)c1C(N)c1cccc(F)c1Cl. The molecule has 6 heteroatoms. The van der Waals surface area contributed by atoms with Gasteiger partial charge in [0.2, 0.25) is 0 Å². The number of benzene rings is 1. The van der Waals surface area contributed by atoms with Gasteiger partial charge in [-0.25, -0.2) is 4.39 Å². The molecule has 0 fully saturated rings. The van der Waals surface area contributed by atoms with Crippen molar-refractivity contribution in [3.05, 3.63) is 51.0 Å². The van der Waals surface area contributed by atoms with Crippen molar-refractivity contribution >= 4 is 27.5 Å². The molecular weight excluding hydrogens is 308 g/mol. The lowest BCUT2D eigenvalue weighted by molar-refractivity contribution is 0.619. The molecule has 17 heavy (non-hydrogen) atoms. The normalized spacial score (nSPS) is 12.8. The molecule has 0 saturated carbocycles. The van der Waals surface area contributed by atoms with Gasteiger partial charge in [-0.3, -0.25) is 4.68 Å². The van der Waals surface area contributed by atoms with Crippen LogP contribution in [0.1, 0.15) is 17.3 Å². The molecule has 0 radical (unpaired) electrons. The van der Waals surface area contributed by atoms with Gasteiger partial charge in [0.05, 0.1) is 27.4 Å². The number of aromatic nitrogens is 2. The Morgan fingerprint density at radius 3 is 2.82 bits per heavy atom. The maximum absolute atomic E-state index is 13.4. The van der Waals surface area contributed by atoms with Crippen molar-refractivity contribution in [3.8, 4) is 0 Å². The Morgan fingerprint density at radius 2 is 2.24 bits per heavy atom. The van der Waals surface area contributed by atoms with Gasteiger partial charge < -0.3 is 5.73 Å². The Balaban J connectivity index is 2.51. The first-order valence-electron chi connectivity index (χ1n) is 4.89. The second-order valence-corrected chi connectivity index (χ2v) is 4.85. The van der Waals surface area contributed by atoms with Gasteiger partial charge in [0.1, 0.15) is 5.82 Å². The number of rotatable bonds is 2. The predicted octanol–water partition coefficient (Wildman–Crippen LogP) is 3.02. The third kappa shape index (κ3) is 2.22. The van der Waals surface area contributed by atoms with Crippen molar-refractivity contribution in [2.75, 3.05) is 0 Å². The Morgan fingerprint density at radius 1 is 1.53 bits per heavy atom. The van der Waals surface area contributed by atoms with Crippen LogP contribution in [0.3, 0.4) is 0 Å². The lowest BCUT2D eigenvalue weighted by atomic mass is 10.0. The molecule has 0 aliphatic rings. The molecule has 2 N–H and O–H groups in total. The smallest absolute Gasteiger partial charge is 0.142 e. The summed E-state index contributed by atoms with van der Waals surface area (Å²) in [6.07, 6.45) is 1.64. The van der Waals surface area contributed by atoms with E-state index in [2.05, 4.69) is 21.0 Å². The van der Waals surface area contributed by atoms with Crippen LogP contribution in [0.4, 0.5) is 4.39 Å². The largest absolute Gasteiger partial charge is 0.319 e. The average molecular weight is 319 g/mol. The molecule has 0 bridgehead atoms. The molecule has 2 rings (SSSR count). The highest BCUT2D eigenvalue weighted by Crippen LogP contribution is 2.31. The Kier molecular flexibility index (Phi) is 3.51. The lowest BCUT2D eigenvalue weighted by Crippen LogP contribution is -2.17. The molecule has 0 spiro atoms. The molecular formula is C11H10BrClFN3. The van der Waals surface area contributed by atoms with Crippen LogP contribution in [0.5, 0.6) is 0 Å². The van der Waals surface area contributed by atoms with E-state index in [0.717, 1.165) is 10.2 Å². The van der Waals surface area contributed by atoms with E-state index in [9.17, 15) is 4.39 Å². The van der Waals surface area contributed by atoms with Crippen LogP contribution in [0.2, 0.25) is 5.02 Å². The van der Waals surface area contributed by atoms with E-state index in [0.29, 0.717) is 5.56 Å². The van der Waals surface area contributed by atoms with Gasteiger partial charge in [-0.1, -0.05) is 23.7 Å². The van der Waals surface area contributed by atoms with Crippen molar-refractivity contribution in [1.82, 2.24) is 9.78 Å². The standard InChI is InChI=1S/C11H10BrClFN3/c1-17-11(7(12)5-16-17)10(15)6-3-2-4-8(14)9(6)13/h2-5,10H,15H2,1H3. The first-order valence-corrected chi connectivity index (χ1v) is 6.06. The second kappa shape index (κ2) is 4.76. The monoisotopic (exact) mass is 317 g/mol. The van der Waals surface area contributed by atoms with Crippen LogP contribution in [0.15, 0.2) is 28.9 Å². The zero-order chi connectivity index (χ0) is 12.6. The number of nitrogens with two attached hydrogens (primary N) is 1. The molecule has 0 amide bonds. The lowest BCUT2D eigenvalue weighted by Gasteiger charge is -2.15. The minimum Gasteiger partial charge on any atom is -0.319 e. The molecule has 0 aliphatic heterocycles. The molecule has 1 unspecified atom stereocenters. The van der Waals surface area contributed by atoms with Gasteiger partial charge in [0, 0.05) is 7.05 Å². The summed E-state index contributed by atoms with van der Waals surface area (Å²) in [7, 11) is 1.77. The molecule has 1 atom stereocenters. The molecule has 1 aromatic carbocycles. The van der Waals surface area contributed by atoms with E-state index < -0.39 is 11.9 Å². The molecule has 3 nitrogen and oxygen atoms in total. The predicted molar refractivity (Wildman–Crippen MR) is 68.3 cm³/mol. The highest BCUT2D eigenvalue weighted by molar-refractivity contribution is 9.10. The highest BCUT2D eigenvalue weighted by atomic mass is 79.9. The minimum atomic E-state index is -0.528. The van der Waals surface area contributed by atoms with Gasteiger partial charge >= 0.3 is 0 Å². The Labute approximate surface area is 112 Å². The summed E-state index contributed by atoms with van der Waals surface area (Å²) >= 11 is 9.27. The number of hydrogen-bond donors (Lipinski definition) is 1. The van der Waals surface area contributed by atoms with Crippen LogP contribution in [0.25, 0.3) is 0 Å². The van der Waals surface area contributed by atoms with Crippen LogP contribution >= 0.6 is 27.5 Å². The molecule has 2 aromatic rings. The maximum atomic E-state index is 13.4. The fourth-order valence-corrected chi connectivity index (χ4v) is 2.52. The van der Waals surface area contributed by atoms with Crippen LogP contribution in [0, 0.1) is 5.82 Å². The first-order chi connectivity index (χ1) is 8.02. The van der Waals surface area contributed by atoms with Crippen molar-refractivity contribution < 1.29 is 4.39 Å². The maximum Gasteiger partial charge on any atom is 0.142 e. The molecule has 0 saturated heterocycles.